The fourth-order valence-electron chi connectivity index (χ4n) is 2.09. The van der Waals surface area contributed by atoms with Gasteiger partial charge < -0.3 is 14.2 Å². The Hall–Kier alpha value is -2.76. The van der Waals surface area contributed by atoms with Gasteiger partial charge in [0.1, 0.15) is 11.5 Å². The second-order valence-electron chi connectivity index (χ2n) is 4.90. The molecule has 0 radical (unpaired) electrons. The molecule has 0 unspecified atom stereocenters. The summed E-state index contributed by atoms with van der Waals surface area (Å²) in [6, 6.07) is 12.3. The number of rotatable bonds is 8. The van der Waals surface area contributed by atoms with Crippen LogP contribution < -0.4 is 14.2 Å². The van der Waals surface area contributed by atoms with E-state index in [-0.39, 0.29) is 5.69 Å². The lowest BCUT2D eigenvalue weighted by atomic mass is 10.2. The van der Waals surface area contributed by atoms with E-state index in [1.807, 2.05) is 24.3 Å². The van der Waals surface area contributed by atoms with Gasteiger partial charge >= 0.3 is 5.69 Å². The van der Waals surface area contributed by atoms with Gasteiger partial charge in [-0.3, -0.25) is 10.1 Å². The molecule has 0 amide bonds. The Morgan fingerprint density at radius 3 is 2.30 bits per heavy atom. The van der Waals surface area contributed by atoms with Crippen molar-refractivity contribution < 1.29 is 19.1 Å². The molecule has 2 aromatic rings. The quantitative estimate of drug-likeness (QED) is 0.421. The van der Waals surface area contributed by atoms with Crippen molar-refractivity contribution >= 4 is 5.69 Å². The summed E-state index contributed by atoms with van der Waals surface area (Å²) in [7, 11) is 1.61. The van der Waals surface area contributed by atoms with Gasteiger partial charge in [0.05, 0.1) is 25.2 Å². The van der Waals surface area contributed by atoms with Crippen LogP contribution in [0.3, 0.4) is 0 Å². The van der Waals surface area contributed by atoms with Crippen molar-refractivity contribution in [1.82, 2.24) is 0 Å². The van der Waals surface area contributed by atoms with E-state index in [0.29, 0.717) is 30.9 Å². The summed E-state index contributed by atoms with van der Waals surface area (Å²) in [5.74, 6) is 1.80. The summed E-state index contributed by atoms with van der Waals surface area (Å²) in [6.45, 7) is 2.50. The molecule has 6 nitrogen and oxygen atoms in total. The van der Waals surface area contributed by atoms with Crippen molar-refractivity contribution in [3.63, 3.8) is 0 Å². The average Bonchev–Trinajstić information content (AvgIpc) is 2.54. The molecule has 2 aromatic carbocycles. The lowest BCUT2D eigenvalue weighted by molar-refractivity contribution is -0.386. The Bertz CT molecular complexity index is 655. The Morgan fingerprint density at radius 2 is 1.65 bits per heavy atom. The molecule has 6 heteroatoms. The molecule has 0 atom stereocenters. The zero-order valence-corrected chi connectivity index (χ0v) is 13.2. The van der Waals surface area contributed by atoms with Gasteiger partial charge in [0, 0.05) is 12.0 Å². The van der Waals surface area contributed by atoms with Crippen LogP contribution in [0.5, 0.6) is 17.2 Å². The third-order valence-electron chi connectivity index (χ3n) is 3.26. The maximum Gasteiger partial charge on any atom is 0.313 e. The number of hydrogen-bond acceptors (Lipinski definition) is 5. The first-order valence-electron chi connectivity index (χ1n) is 7.25. The molecule has 0 N–H and O–H groups in total. The zero-order chi connectivity index (χ0) is 16.7. The maximum atomic E-state index is 11.1. The summed E-state index contributed by atoms with van der Waals surface area (Å²) in [5.41, 5.74) is 0.602. The summed E-state index contributed by atoms with van der Waals surface area (Å²) >= 11 is 0. The number of methoxy groups -OCH3 is 1. The van der Waals surface area contributed by atoms with Crippen LogP contribution in [0.15, 0.2) is 42.5 Å². The van der Waals surface area contributed by atoms with Gasteiger partial charge in [0.25, 0.3) is 0 Å². The standard InChI is InChI=1S/C17H19NO5/c1-13-5-3-6-16(17(13)18(19)20)23-12-4-11-22-15-9-7-14(21-2)8-10-15/h3,5-10H,4,11-12H2,1-2H3. The number of nitro groups is 1. The van der Waals surface area contributed by atoms with E-state index in [1.54, 1.807) is 32.2 Å². The smallest absolute Gasteiger partial charge is 0.313 e. The van der Waals surface area contributed by atoms with Crippen LogP contribution in [0.1, 0.15) is 12.0 Å². The lowest BCUT2D eigenvalue weighted by Gasteiger charge is -2.09. The fourth-order valence-corrected chi connectivity index (χ4v) is 2.09. The highest BCUT2D eigenvalue weighted by molar-refractivity contribution is 5.52. The van der Waals surface area contributed by atoms with Crippen molar-refractivity contribution in [2.24, 2.45) is 0 Å². The average molecular weight is 317 g/mol. The summed E-state index contributed by atoms with van der Waals surface area (Å²) < 4.78 is 16.2. The minimum Gasteiger partial charge on any atom is -0.497 e. The SMILES string of the molecule is COc1ccc(OCCCOc2cccc(C)c2[N+](=O)[O-])cc1. The molecule has 0 saturated heterocycles. The molecule has 23 heavy (non-hydrogen) atoms. The number of hydrogen-bond donors (Lipinski definition) is 0. The number of nitrogens with zero attached hydrogens (tertiary/aromatic N) is 1. The number of para-hydroxylation sites is 1. The third-order valence-corrected chi connectivity index (χ3v) is 3.26. The Kier molecular flexibility index (Phi) is 5.80. The van der Waals surface area contributed by atoms with E-state index in [2.05, 4.69) is 0 Å². The first-order valence-corrected chi connectivity index (χ1v) is 7.25. The summed E-state index contributed by atoms with van der Waals surface area (Å²) in [5, 5.41) is 11.1. The number of benzene rings is 2. The van der Waals surface area contributed by atoms with Gasteiger partial charge in [-0.25, -0.2) is 0 Å². The fraction of sp³-hybridized carbons (Fsp3) is 0.294. The van der Waals surface area contributed by atoms with Gasteiger partial charge in [-0.05, 0) is 37.3 Å². The largest absolute Gasteiger partial charge is 0.497 e. The van der Waals surface area contributed by atoms with Crippen LogP contribution in [0.25, 0.3) is 0 Å². The Labute approximate surface area is 134 Å². The topological polar surface area (TPSA) is 70.8 Å². The number of aryl methyl sites for hydroxylation is 1. The predicted molar refractivity (Wildman–Crippen MR) is 86.4 cm³/mol. The highest BCUT2D eigenvalue weighted by Gasteiger charge is 2.17. The monoisotopic (exact) mass is 317 g/mol. The first kappa shape index (κ1) is 16.6. The molecule has 0 fully saturated rings. The normalized spacial score (nSPS) is 10.2. The molecule has 0 bridgehead atoms. The molecular weight excluding hydrogens is 298 g/mol. The van der Waals surface area contributed by atoms with Crippen LogP contribution in [-0.4, -0.2) is 25.2 Å². The predicted octanol–water partition coefficient (Wildman–Crippen LogP) is 3.76. The van der Waals surface area contributed by atoms with Crippen LogP contribution in [0, 0.1) is 17.0 Å². The number of ether oxygens (including phenoxy) is 3. The first-order chi connectivity index (χ1) is 11.1. The van der Waals surface area contributed by atoms with E-state index in [1.165, 1.54) is 0 Å². The van der Waals surface area contributed by atoms with Gasteiger partial charge in [-0.1, -0.05) is 12.1 Å². The minimum absolute atomic E-state index is 0.0172. The molecule has 0 aliphatic rings. The van der Waals surface area contributed by atoms with Crippen LogP contribution in [-0.2, 0) is 0 Å². The van der Waals surface area contributed by atoms with Crippen molar-refractivity contribution in [3.8, 4) is 17.2 Å². The van der Waals surface area contributed by atoms with Gasteiger partial charge in [0.15, 0.2) is 5.75 Å². The highest BCUT2D eigenvalue weighted by Crippen LogP contribution is 2.30. The molecule has 0 heterocycles. The van der Waals surface area contributed by atoms with Crippen molar-refractivity contribution in [2.45, 2.75) is 13.3 Å². The molecule has 0 spiro atoms. The molecule has 0 aromatic heterocycles. The lowest BCUT2D eigenvalue weighted by Crippen LogP contribution is -2.06. The summed E-state index contributed by atoms with van der Waals surface area (Å²) in [6.07, 6.45) is 0.622. The summed E-state index contributed by atoms with van der Waals surface area (Å²) in [4.78, 5) is 10.6. The molecular formula is C17H19NO5. The van der Waals surface area contributed by atoms with E-state index < -0.39 is 4.92 Å². The molecule has 0 aliphatic carbocycles. The molecule has 0 aliphatic heterocycles. The van der Waals surface area contributed by atoms with Crippen LogP contribution in [0.4, 0.5) is 5.69 Å². The van der Waals surface area contributed by atoms with Gasteiger partial charge in [-0.15, -0.1) is 0 Å². The van der Waals surface area contributed by atoms with Gasteiger partial charge in [-0.2, -0.15) is 0 Å². The second-order valence-corrected chi connectivity index (χ2v) is 4.90. The highest BCUT2D eigenvalue weighted by atomic mass is 16.6. The van der Waals surface area contributed by atoms with E-state index in [0.717, 1.165) is 11.5 Å². The maximum absolute atomic E-state index is 11.1. The van der Waals surface area contributed by atoms with Crippen LogP contribution >= 0.6 is 0 Å². The Balaban J connectivity index is 1.79. The number of nitro benzene ring substituents is 1. The second kappa shape index (κ2) is 8.03. The molecule has 2 rings (SSSR count). The molecule has 0 saturated carbocycles. The van der Waals surface area contributed by atoms with Crippen molar-refractivity contribution in [1.29, 1.82) is 0 Å². The van der Waals surface area contributed by atoms with E-state index in [4.69, 9.17) is 14.2 Å². The Morgan fingerprint density at radius 1 is 1.00 bits per heavy atom. The minimum atomic E-state index is -0.418. The van der Waals surface area contributed by atoms with Crippen molar-refractivity contribution in [3.05, 3.63) is 58.1 Å². The van der Waals surface area contributed by atoms with E-state index >= 15 is 0 Å². The van der Waals surface area contributed by atoms with Crippen molar-refractivity contribution in [2.75, 3.05) is 20.3 Å². The zero-order valence-electron chi connectivity index (χ0n) is 13.2. The third kappa shape index (κ3) is 4.60. The van der Waals surface area contributed by atoms with Gasteiger partial charge in [0.2, 0.25) is 0 Å². The van der Waals surface area contributed by atoms with Crippen LogP contribution in [0.2, 0.25) is 0 Å². The molecule has 122 valence electrons. The van der Waals surface area contributed by atoms with E-state index in [9.17, 15) is 10.1 Å².